The van der Waals surface area contributed by atoms with E-state index in [0.717, 1.165) is 10.0 Å². The van der Waals surface area contributed by atoms with Gasteiger partial charge in [-0.3, -0.25) is 9.78 Å². The molecule has 30 heavy (non-hydrogen) atoms. The summed E-state index contributed by atoms with van der Waals surface area (Å²) < 4.78 is 2.69. The van der Waals surface area contributed by atoms with Gasteiger partial charge >= 0.3 is 0 Å². The molecule has 8 nitrogen and oxygen atoms in total. The number of halogens is 1. The molecule has 1 amide bonds. The molecule has 2 aromatic heterocycles. The first-order valence-electron chi connectivity index (χ1n) is 9.57. The molecular formula is C21H21BrN6O2. The molecular weight excluding hydrogens is 448 g/mol. The van der Waals surface area contributed by atoms with Crippen molar-refractivity contribution in [2.24, 2.45) is 0 Å². The van der Waals surface area contributed by atoms with Gasteiger partial charge in [-0.05, 0) is 43.2 Å². The first-order chi connectivity index (χ1) is 14.6. The molecule has 3 N–H and O–H groups in total. The maximum atomic E-state index is 13.3. The second-order valence-corrected chi connectivity index (χ2v) is 7.85. The van der Waals surface area contributed by atoms with Crippen molar-refractivity contribution in [1.82, 2.24) is 19.7 Å². The van der Waals surface area contributed by atoms with Crippen LogP contribution in [0.15, 0.2) is 64.5 Å². The van der Waals surface area contributed by atoms with Crippen molar-refractivity contribution in [3.05, 3.63) is 75.9 Å². The number of anilines is 2. The van der Waals surface area contributed by atoms with Crippen molar-refractivity contribution in [3.63, 3.8) is 0 Å². The van der Waals surface area contributed by atoms with E-state index in [-0.39, 0.29) is 12.5 Å². The van der Waals surface area contributed by atoms with Crippen molar-refractivity contribution < 1.29 is 9.90 Å². The summed E-state index contributed by atoms with van der Waals surface area (Å²) in [6.07, 6.45) is 4.39. The van der Waals surface area contributed by atoms with Crippen LogP contribution >= 0.6 is 15.9 Å². The van der Waals surface area contributed by atoms with Gasteiger partial charge in [0.25, 0.3) is 5.91 Å². The van der Waals surface area contributed by atoms with Crippen LogP contribution in [0, 0.1) is 0 Å². The Labute approximate surface area is 182 Å². The number of carbonyl (C=O) groups is 1. The summed E-state index contributed by atoms with van der Waals surface area (Å²) in [6, 6.07) is 10.9. The van der Waals surface area contributed by atoms with Crippen molar-refractivity contribution in [3.8, 4) is 0 Å². The van der Waals surface area contributed by atoms with Gasteiger partial charge in [0, 0.05) is 29.4 Å². The van der Waals surface area contributed by atoms with Crippen LogP contribution in [-0.4, -0.2) is 37.4 Å². The summed E-state index contributed by atoms with van der Waals surface area (Å²) in [5, 5.41) is 19.9. The zero-order valence-electron chi connectivity index (χ0n) is 16.3. The summed E-state index contributed by atoms with van der Waals surface area (Å²) in [6.45, 7) is 1.93. The molecule has 0 unspecified atom stereocenters. The lowest BCUT2D eigenvalue weighted by molar-refractivity contribution is -0.113. The van der Waals surface area contributed by atoms with Crippen LogP contribution in [0.5, 0.6) is 0 Å². The molecule has 4 rings (SSSR count). The first-order valence-corrected chi connectivity index (χ1v) is 10.4. The minimum Gasteiger partial charge on any atom is -0.396 e. The summed E-state index contributed by atoms with van der Waals surface area (Å²) in [5.41, 5.74) is 2.78. The molecule has 0 saturated heterocycles. The van der Waals surface area contributed by atoms with Crippen LogP contribution in [0.2, 0.25) is 0 Å². The Morgan fingerprint density at radius 1 is 1.30 bits per heavy atom. The number of pyridine rings is 1. The average molecular weight is 469 g/mol. The Hall–Kier alpha value is -3.04. The quantitative estimate of drug-likeness (QED) is 0.512. The SMILES string of the molecule is CC1=C(C(=O)Nc2cccnc2)[C@H](c2ccc(Br)cc2)n2nc(CCCO)nc2N1. The van der Waals surface area contributed by atoms with Crippen molar-refractivity contribution in [2.75, 3.05) is 17.2 Å². The van der Waals surface area contributed by atoms with Gasteiger partial charge in [0.2, 0.25) is 5.95 Å². The number of rotatable bonds is 6. The average Bonchev–Trinajstić information content (AvgIpc) is 3.15. The fraction of sp³-hybridized carbons (Fsp3) is 0.238. The second kappa shape index (κ2) is 8.76. The predicted octanol–water partition coefficient (Wildman–Crippen LogP) is 3.29. The molecule has 0 saturated carbocycles. The maximum Gasteiger partial charge on any atom is 0.255 e. The van der Waals surface area contributed by atoms with E-state index in [4.69, 9.17) is 5.11 Å². The number of benzene rings is 1. The molecule has 1 aliphatic rings. The maximum absolute atomic E-state index is 13.3. The van der Waals surface area contributed by atoms with E-state index in [1.807, 2.05) is 31.2 Å². The largest absolute Gasteiger partial charge is 0.396 e. The summed E-state index contributed by atoms with van der Waals surface area (Å²) in [7, 11) is 0. The predicted molar refractivity (Wildman–Crippen MR) is 117 cm³/mol. The van der Waals surface area contributed by atoms with Crippen molar-refractivity contribution in [2.45, 2.75) is 25.8 Å². The number of nitrogens with one attached hydrogen (secondary N) is 2. The van der Waals surface area contributed by atoms with E-state index in [2.05, 4.69) is 41.6 Å². The van der Waals surface area contributed by atoms with Crippen LogP contribution in [0.25, 0.3) is 0 Å². The molecule has 0 spiro atoms. The number of hydrogen-bond donors (Lipinski definition) is 3. The van der Waals surface area contributed by atoms with Gasteiger partial charge in [0.05, 0.1) is 17.5 Å². The lowest BCUT2D eigenvalue weighted by atomic mass is 9.95. The third kappa shape index (κ3) is 4.12. The van der Waals surface area contributed by atoms with E-state index >= 15 is 0 Å². The van der Waals surface area contributed by atoms with Gasteiger partial charge in [0.1, 0.15) is 6.04 Å². The standard InChI is InChI=1S/C21H21BrN6O2/c1-13-18(20(30)25-16-4-2-10-23-12-16)19(14-6-8-15(22)9-7-14)28-21(24-13)26-17(27-28)5-3-11-29/h2,4,6-10,12,19,29H,3,5,11H2,1H3,(H,25,30)(H,24,26,27)/t19-/m0/s1. The molecule has 0 bridgehead atoms. The topological polar surface area (TPSA) is 105 Å². The lowest BCUT2D eigenvalue weighted by Gasteiger charge is -2.28. The summed E-state index contributed by atoms with van der Waals surface area (Å²) >= 11 is 3.46. The van der Waals surface area contributed by atoms with Crippen LogP contribution in [0.4, 0.5) is 11.6 Å². The van der Waals surface area contributed by atoms with Gasteiger partial charge in [0.15, 0.2) is 5.82 Å². The number of fused-ring (bicyclic) bond motifs is 1. The Morgan fingerprint density at radius 3 is 2.80 bits per heavy atom. The first kappa shape index (κ1) is 20.2. The molecule has 0 fully saturated rings. The zero-order chi connectivity index (χ0) is 21.1. The van der Waals surface area contributed by atoms with Crippen molar-refractivity contribution >= 4 is 33.5 Å². The molecule has 154 valence electrons. The van der Waals surface area contributed by atoms with Gasteiger partial charge in [-0.15, -0.1) is 0 Å². The number of hydrogen-bond acceptors (Lipinski definition) is 6. The second-order valence-electron chi connectivity index (χ2n) is 6.94. The summed E-state index contributed by atoms with van der Waals surface area (Å²) in [5.74, 6) is 0.959. The highest BCUT2D eigenvalue weighted by atomic mass is 79.9. The van der Waals surface area contributed by atoms with Crippen LogP contribution in [0.1, 0.15) is 30.8 Å². The number of carbonyl (C=O) groups excluding carboxylic acids is 1. The molecule has 1 atom stereocenters. The lowest BCUT2D eigenvalue weighted by Crippen LogP contribution is -2.31. The molecule has 0 aliphatic carbocycles. The molecule has 1 aromatic carbocycles. The van der Waals surface area contributed by atoms with E-state index in [1.54, 1.807) is 29.2 Å². The number of aliphatic hydroxyl groups excluding tert-OH is 1. The minimum atomic E-state index is -0.443. The number of aromatic nitrogens is 4. The van der Waals surface area contributed by atoms with Crippen LogP contribution < -0.4 is 10.6 Å². The van der Waals surface area contributed by atoms with E-state index in [0.29, 0.717) is 41.6 Å². The summed E-state index contributed by atoms with van der Waals surface area (Å²) in [4.78, 5) is 21.9. The van der Waals surface area contributed by atoms with Crippen LogP contribution in [0.3, 0.4) is 0 Å². The Bertz CT molecular complexity index is 1080. The molecule has 9 heteroatoms. The minimum absolute atomic E-state index is 0.0729. The smallest absolute Gasteiger partial charge is 0.255 e. The highest BCUT2D eigenvalue weighted by Crippen LogP contribution is 2.36. The normalized spacial score (nSPS) is 15.5. The molecule has 0 radical (unpaired) electrons. The third-order valence-electron chi connectivity index (χ3n) is 4.80. The molecule has 3 heterocycles. The van der Waals surface area contributed by atoms with E-state index in [1.165, 1.54) is 0 Å². The third-order valence-corrected chi connectivity index (χ3v) is 5.33. The highest BCUT2D eigenvalue weighted by molar-refractivity contribution is 9.10. The fourth-order valence-corrected chi connectivity index (χ4v) is 3.69. The van der Waals surface area contributed by atoms with Gasteiger partial charge < -0.3 is 15.7 Å². The van der Waals surface area contributed by atoms with Gasteiger partial charge in [-0.1, -0.05) is 28.1 Å². The monoisotopic (exact) mass is 468 g/mol. The fourth-order valence-electron chi connectivity index (χ4n) is 3.42. The molecule has 1 aliphatic heterocycles. The van der Waals surface area contributed by atoms with Crippen molar-refractivity contribution in [1.29, 1.82) is 0 Å². The Balaban J connectivity index is 1.75. The number of allylic oxidation sites excluding steroid dienone is 1. The molecule has 3 aromatic rings. The highest BCUT2D eigenvalue weighted by Gasteiger charge is 2.34. The number of amides is 1. The number of nitrogens with zero attached hydrogens (tertiary/aromatic N) is 4. The van der Waals surface area contributed by atoms with E-state index < -0.39 is 6.04 Å². The van der Waals surface area contributed by atoms with Gasteiger partial charge in [-0.2, -0.15) is 10.1 Å². The van der Waals surface area contributed by atoms with Gasteiger partial charge in [-0.25, -0.2) is 4.68 Å². The Kier molecular flexibility index (Phi) is 5.91. The number of aryl methyl sites for hydroxylation is 1. The zero-order valence-corrected chi connectivity index (χ0v) is 17.9. The Morgan fingerprint density at radius 2 is 2.10 bits per heavy atom. The number of aliphatic hydroxyl groups is 1. The van der Waals surface area contributed by atoms with E-state index in [9.17, 15) is 4.79 Å². The van der Waals surface area contributed by atoms with Crippen LogP contribution in [-0.2, 0) is 11.2 Å².